The molecule has 168 valence electrons. The summed E-state index contributed by atoms with van der Waals surface area (Å²) in [6.45, 7) is 4.15. The van der Waals surface area contributed by atoms with Crippen molar-refractivity contribution >= 4 is 22.6 Å². The molecule has 0 spiro atoms. The Morgan fingerprint density at radius 2 is 1.85 bits per heavy atom. The van der Waals surface area contributed by atoms with E-state index in [1.165, 1.54) is 12.1 Å². The van der Waals surface area contributed by atoms with Gasteiger partial charge in [0.25, 0.3) is 0 Å². The number of aromatic nitrogens is 1. The summed E-state index contributed by atoms with van der Waals surface area (Å²) in [6, 6.07) is 20.1. The maximum Gasteiger partial charge on any atom is 0.338 e. The Hall–Kier alpha value is -3.93. The van der Waals surface area contributed by atoms with Gasteiger partial charge in [0, 0.05) is 22.3 Å². The van der Waals surface area contributed by atoms with Gasteiger partial charge in [-0.3, -0.25) is 0 Å². The van der Waals surface area contributed by atoms with Crippen LogP contribution >= 0.6 is 0 Å². The Morgan fingerprint density at radius 1 is 1.09 bits per heavy atom. The zero-order valence-electron chi connectivity index (χ0n) is 18.5. The minimum atomic E-state index is -0.515. The van der Waals surface area contributed by atoms with E-state index in [0.717, 1.165) is 23.1 Å². The minimum absolute atomic E-state index is 0.0523. The van der Waals surface area contributed by atoms with E-state index < -0.39 is 12.0 Å². The number of halogens is 1. The summed E-state index contributed by atoms with van der Waals surface area (Å²) in [4.78, 5) is 16.8. The first kappa shape index (κ1) is 22.3. The van der Waals surface area contributed by atoms with Crippen molar-refractivity contribution in [2.24, 2.45) is 0 Å². The number of pyridine rings is 1. The van der Waals surface area contributed by atoms with E-state index in [2.05, 4.69) is 10.3 Å². The molecule has 1 heterocycles. The number of rotatable bonds is 7. The lowest BCUT2D eigenvalue weighted by atomic mass is 9.95. The SMILES string of the molecule is CCCOC(=O)c1cccc(NC(c2ccc(F)cc2)c2ccc3ccc(C)nc3c2O)c1. The molecule has 0 amide bonds. The first-order valence-corrected chi connectivity index (χ1v) is 10.8. The van der Waals surface area contributed by atoms with Gasteiger partial charge in [-0.05, 0) is 55.3 Å². The van der Waals surface area contributed by atoms with Crippen LogP contribution in [0, 0.1) is 12.7 Å². The number of nitrogens with one attached hydrogen (secondary N) is 1. The number of phenols is 1. The molecule has 0 saturated carbocycles. The average molecular weight is 445 g/mol. The molecule has 0 fully saturated rings. The molecule has 0 aliphatic heterocycles. The first-order chi connectivity index (χ1) is 16.0. The lowest BCUT2D eigenvalue weighted by molar-refractivity contribution is 0.0505. The Balaban J connectivity index is 1.76. The van der Waals surface area contributed by atoms with Gasteiger partial charge in [-0.15, -0.1) is 0 Å². The van der Waals surface area contributed by atoms with Gasteiger partial charge in [0.15, 0.2) is 0 Å². The number of nitrogens with zero attached hydrogens (tertiary/aromatic N) is 1. The zero-order valence-corrected chi connectivity index (χ0v) is 18.5. The summed E-state index contributed by atoms with van der Waals surface area (Å²) < 4.78 is 18.9. The molecule has 5 nitrogen and oxygen atoms in total. The lowest BCUT2D eigenvalue weighted by Gasteiger charge is -2.23. The Labute approximate surface area is 191 Å². The Bertz CT molecular complexity index is 1290. The molecular weight excluding hydrogens is 419 g/mol. The van der Waals surface area contributed by atoms with Gasteiger partial charge in [-0.25, -0.2) is 14.2 Å². The van der Waals surface area contributed by atoms with E-state index in [1.54, 1.807) is 30.3 Å². The second-order valence-corrected chi connectivity index (χ2v) is 7.87. The van der Waals surface area contributed by atoms with Crippen molar-refractivity contribution in [2.45, 2.75) is 26.3 Å². The fourth-order valence-electron chi connectivity index (χ4n) is 3.70. The van der Waals surface area contributed by atoms with Crippen LogP contribution in [0.5, 0.6) is 5.75 Å². The molecule has 0 aliphatic rings. The number of benzene rings is 3. The highest BCUT2D eigenvalue weighted by Gasteiger charge is 2.21. The number of anilines is 1. The number of esters is 1. The monoisotopic (exact) mass is 444 g/mol. The van der Waals surface area contributed by atoms with Crippen molar-refractivity contribution in [3.8, 4) is 5.75 Å². The zero-order chi connectivity index (χ0) is 23.4. The largest absolute Gasteiger partial charge is 0.505 e. The molecule has 33 heavy (non-hydrogen) atoms. The van der Waals surface area contributed by atoms with Crippen LogP contribution in [-0.4, -0.2) is 22.7 Å². The van der Waals surface area contributed by atoms with Crippen LogP contribution in [-0.2, 0) is 4.74 Å². The van der Waals surface area contributed by atoms with Crippen molar-refractivity contribution in [3.63, 3.8) is 0 Å². The van der Waals surface area contributed by atoms with Crippen molar-refractivity contribution in [1.82, 2.24) is 4.98 Å². The van der Waals surface area contributed by atoms with Crippen molar-refractivity contribution in [1.29, 1.82) is 0 Å². The summed E-state index contributed by atoms with van der Waals surface area (Å²) >= 11 is 0. The number of phenolic OH excluding ortho intramolecular Hbond substituents is 1. The number of carbonyl (C=O) groups excluding carboxylic acids is 1. The molecule has 4 rings (SSSR count). The predicted molar refractivity (Wildman–Crippen MR) is 127 cm³/mol. The maximum atomic E-state index is 13.6. The predicted octanol–water partition coefficient (Wildman–Crippen LogP) is 6.16. The molecule has 1 atom stereocenters. The second kappa shape index (κ2) is 9.69. The van der Waals surface area contributed by atoms with Gasteiger partial charge in [0.1, 0.15) is 17.1 Å². The van der Waals surface area contributed by atoms with Crippen LogP contribution < -0.4 is 5.32 Å². The average Bonchev–Trinajstić information content (AvgIpc) is 2.83. The minimum Gasteiger partial charge on any atom is -0.505 e. The summed E-state index contributed by atoms with van der Waals surface area (Å²) in [6.07, 6.45) is 0.741. The quantitative estimate of drug-likeness (QED) is 0.334. The number of carbonyl (C=O) groups is 1. The molecule has 3 aromatic carbocycles. The smallest absolute Gasteiger partial charge is 0.338 e. The van der Waals surface area contributed by atoms with Crippen molar-refractivity contribution in [3.05, 3.63) is 101 Å². The van der Waals surface area contributed by atoms with E-state index in [9.17, 15) is 14.3 Å². The van der Waals surface area contributed by atoms with E-state index in [0.29, 0.717) is 28.9 Å². The number of hydrogen-bond acceptors (Lipinski definition) is 5. The molecule has 1 aromatic heterocycles. The van der Waals surface area contributed by atoms with Gasteiger partial charge in [0.05, 0.1) is 18.2 Å². The number of aromatic hydroxyl groups is 1. The summed E-state index contributed by atoms with van der Waals surface area (Å²) in [5, 5.41) is 15.3. The molecule has 6 heteroatoms. The third kappa shape index (κ3) is 4.95. The fraction of sp³-hybridized carbons (Fsp3) is 0.185. The molecule has 0 saturated heterocycles. The number of aryl methyl sites for hydroxylation is 1. The summed E-state index contributed by atoms with van der Waals surface area (Å²) in [5.74, 6) is -0.693. The molecule has 0 bridgehead atoms. The topological polar surface area (TPSA) is 71.5 Å². The van der Waals surface area contributed by atoms with Crippen LogP contribution in [0.25, 0.3) is 10.9 Å². The van der Waals surface area contributed by atoms with Gasteiger partial charge in [-0.1, -0.05) is 43.3 Å². The molecule has 1 unspecified atom stereocenters. The molecule has 0 radical (unpaired) electrons. The lowest BCUT2D eigenvalue weighted by Crippen LogP contribution is -2.14. The summed E-state index contributed by atoms with van der Waals surface area (Å²) in [5.41, 5.74) is 3.71. The first-order valence-electron chi connectivity index (χ1n) is 10.8. The fourth-order valence-corrected chi connectivity index (χ4v) is 3.70. The third-order valence-corrected chi connectivity index (χ3v) is 5.37. The van der Waals surface area contributed by atoms with Crippen LogP contribution in [0.1, 0.15) is 46.6 Å². The van der Waals surface area contributed by atoms with E-state index in [4.69, 9.17) is 4.74 Å². The van der Waals surface area contributed by atoms with Gasteiger partial charge >= 0.3 is 5.97 Å². The van der Waals surface area contributed by atoms with E-state index in [-0.39, 0.29) is 11.6 Å². The van der Waals surface area contributed by atoms with Crippen molar-refractivity contribution in [2.75, 3.05) is 11.9 Å². The molecule has 0 aliphatic carbocycles. The Morgan fingerprint density at radius 3 is 2.61 bits per heavy atom. The molecule has 2 N–H and O–H groups in total. The van der Waals surface area contributed by atoms with Crippen molar-refractivity contribution < 1.29 is 19.0 Å². The summed E-state index contributed by atoms with van der Waals surface area (Å²) in [7, 11) is 0. The third-order valence-electron chi connectivity index (χ3n) is 5.37. The standard InChI is InChI=1S/C27H25FN2O3/c1-3-15-33-27(32)20-5-4-6-22(16-20)30-24(18-9-12-21(28)13-10-18)23-14-11-19-8-7-17(2)29-25(19)26(23)31/h4-14,16,24,30-31H,3,15H2,1-2H3. The molecular formula is C27H25FN2O3. The highest BCUT2D eigenvalue weighted by atomic mass is 19.1. The van der Waals surface area contributed by atoms with Crippen LogP contribution in [0.4, 0.5) is 10.1 Å². The highest BCUT2D eigenvalue weighted by molar-refractivity contribution is 5.90. The highest BCUT2D eigenvalue weighted by Crippen LogP contribution is 2.37. The van der Waals surface area contributed by atoms with Gasteiger partial charge in [0.2, 0.25) is 0 Å². The number of fused-ring (bicyclic) bond motifs is 1. The normalized spacial score (nSPS) is 11.8. The van der Waals surface area contributed by atoms with E-state index >= 15 is 0 Å². The Kier molecular flexibility index (Phi) is 6.54. The number of hydrogen-bond donors (Lipinski definition) is 2. The van der Waals surface area contributed by atoms with Crippen LogP contribution in [0.3, 0.4) is 0 Å². The second-order valence-electron chi connectivity index (χ2n) is 7.87. The molecule has 4 aromatic rings. The number of ether oxygens (including phenoxy) is 1. The van der Waals surface area contributed by atoms with Gasteiger partial charge < -0.3 is 15.2 Å². The van der Waals surface area contributed by atoms with Crippen LogP contribution in [0.2, 0.25) is 0 Å². The van der Waals surface area contributed by atoms with E-state index in [1.807, 2.05) is 44.2 Å². The maximum absolute atomic E-state index is 13.6. The van der Waals surface area contributed by atoms with Gasteiger partial charge in [-0.2, -0.15) is 0 Å². The van der Waals surface area contributed by atoms with Crippen LogP contribution in [0.15, 0.2) is 72.8 Å².